The molecule has 3 heterocycles. The number of piperidine rings is 1. The number of aliphatic hydroxyl groups is 1. The number of aryl methyl sites for hydroxylation is 1. The Labute approximate surface area is 175 Å². The first-order chi connectivity index (χ1) is 14.3. The van der Waals surface area contributed by atoms with Gasteiger partial charge in [0.15, 0.2) is 5.89 Å². The maximum atomic E-state index is 13.5. The number of benzene rings is 1. The van der Waals surface area contributed by atoms with Crippen molar-refractivity contribution < 1.29 is 14.3 Å². The second-order valence-electron chi connectivity index (χ2n) is 8.43. The van der Waals surface area contributed by atoms with Crippen LogP contribution in [0.5, 0.6) is 0 Å². The predicted octanol–water partition coefficient (Wildman–Crippen LogP) is 3.20. The summed E-state index contributed by atoms with van der Waals surface area (Å²) in [6.07, 6.45) is 4.90. The van der Waals surface area contributed by atoms with Gasteiger partial charge in [-0.05, 0) is 52.7 Å². The molecule has 3 aromatic rings. The maximum absolute atomic E-state index is 13.5. The number of hydrogen-bond acceptors (Lipinski definition) is 6. The standard InChI is InChI=1S/C22H27N5O3/c1-14-9-10-16(20-25-19(15(2)30-20)22(3,4)29)13-26(14)21(28)17-7-5-6-8-18(17)27-23-11-12-24-27/h5-8,11-12,14,16,29H,9-10,13H2,1-4H3. The highest BCUT2D eigenvalue weighted by molar-refractivity contribution is 5.98. The maximum Gasteiger partial charge on any atom is 0.256 e. The summed E-state index contributed by atoms with van der Waals surface area (Å²) in [7, 11) is 0. The van der Waals surface area contributed by atoms with Gasteiger partial charge in [0.2, 0.25) is 0 Å². The number of para-hydroxylation sites is 1. The van der Waals surface area contributed by atoms with E-state index in [9.17, 15) is 9.90 Å². The number of hydrogen-bond donors (Lipinski definition) is 1. The molecule has 2 aromatic heterocycles. The first kappa shape index (κ1) is 20.3. The van der Waals surface area contributed by atoms with Crippen molar-refractivity contribution >= 4 is 5.91 Å². The molecule has 1 aromatic carbocycles. The molecular formula is C22H27N5O3. The molecule has 1 fully saturated rings. The summed E-state index contributed by atoms with van der Waals surface area (Å²) < 4.78 is 5.90. The van der Waals surface area contributed by atoms with Crippen LogP contribution in [0.15, 0.2) is 41.1 Å². The van der Waals surface area contributed by atoms with Crippen LogP contribution in [0.3, 0.4) is 0 Å². The van der Waals surface area contributed by atoms with E-state index in [0.717, 1.165) is 12.8 Å². The van der Waals surface area contributed by atoms with E-state index < -0.39 is 5.60 Å². The van der Waals surface area contributed by atoms with Gasteiger partial charge in [-0.25, -0.2) is 4.98 Å². The smallest absolute Gasteiger partial charge is 0.256 e. The molecule has 0 bridgehead atoms. The summed E-state index contributed by atoms with van der Waals surface area (Å²) in [6.45, 7) is 7.77. The molecule has 158 valence electrons. The van der Waals surface area contributed by atoms with E-state index in [4.69, 9.17) is 4.42 Å². The Kier molecular flexibility index (Phi) is 5.19. The number of carbonyl (C=O) groups excluding carboxylic acids is 1. The molecule has 4 rings (SSSR count). The van der Waals surface area contributed by atoms with Crippen LogP contribution in [0.2, 0.25) is 0 Å². The molecule has 0 radical (unpaired) electrons. The summed E-state index contributed by atoms with van der Waals surface area (Å²) in [4.78, 5) is 21.4. The second kappa shape index (κ2) is 7.68. The van der Waals surface area contributed by atoms with Crippen molar-refractivity contribution in [1.82, 2.24) is 24.9 Å². The third kappa shape index (κ3) is 3.75. The Morgan fingerprint density at radius 3 is 2.57 bits per heavy atom. The number of nitrogens with zero attached hydrogens (tertiary/aromatic N) is 5. The minimum Gasteiger partial charge on any atom is -0.445 e. The van der Waals surface area contributed by atoms with Crippen LogP contribution in [0, 0.1) is 6.92 Å². The first-order valence-electron chi connectivity index (χ1n) is 10.2. The lowest BCUT2D eigenvalue weighted by molar-refractivity contribution is 0.0594. The molecule has 8 heteroatoms. The minimum absolute atomic E-state index is 0.0186. The number of aromatic nitrogens is 4. The van der Waals surface area contributed by atoms with E-state index in [0.29, 0.717) is 35.1 Å². The summed E-state index contributed by atoms with van der Waals surface area (Å²) in [6, 6.07) is 7.45. The van der Waals surface area contributed by atoms with Crippen LogP contribution >= 0.6 is 0 Å². The molecule has 30 heavy (non-hydrogen) atoms. The average Bonchev–Trinajstić information content (AvgIpc) is 3.37. The molecule has 1 saturated heterocycles. The van der Waals surface area contributed by atoms with Gasteiger partial charge in [-0.15, -0.1) is 0 Å². The fourth-order valence-corrected chi connectivity index (χ4v) is 4.07. The van der Waals surface area contributed by atoms with Gasteiger partial charge >= 0.3 is 0 Å². The third-order valence-corrected chi connectivity index (χ3v) is 5.65. The zero-order valence-corrected chi connectivity index (χ0v) is 17.7. The Morgan fingerprint density at radius 1 is 1.20 bits per heavy atom. The first-order valence-corrected chi connectivity index (χ1v) is 10.2. The van der Waals surface area contributed by atoms with E-state index in [1.807, 2.05) is 30.0 Å². The van der Waals surface area contributed by atoms with Crippen LogP contribution in [0.1, 0.15) is 67.2 Å². The number of likely N-dealkylation sites (tertiary alicyclic amines) is 1. The summed E-state index contributed by atoms with van der Waals surface area (Å²) in [5.41, 5.74) is 0.683. The van der Waals surface area contributed by atoms with Crippen LogP contribution in [-0.2, 0) is 5.60 Å². The van der Waals surface area contributed by atoms with E-state index in [1.165, 1.54) is 4.80 Å². The number of amides is 1. The third-order valence-electron chi connectivity index (χ3n) is 5.65. The lowest BCUT2D eigenvalue weighted by Crippen LogP contribution is -2.45. The normalized spacial score (nSPS) is 19.8. The molecular weight excluding hydrogens is 382 g/mol. The molecule has 1 N–H and O–H groups in total. The van der Waals surface area contributed by atoms with Crippen LogP contribution < -0.4 is 0 Å². The molecule has 2 unspecified atom stereocenters. The van der Waals surface area contributed by atoms with E-state index in [-0.39, 0.29) is 17.9 Å². The molecule has 0 aliphatic carbocycles. The fourth-order valence-electron chi connectivity index (χ4n) is 4.07. The van der Waals surface area contributed by atoms with Gasteiger partial charge in [-0.3, -0.25) is 4.79 Å². The zero-order valence-electron chi connectivity index (χ0n) is 17.7. The summed E-state index contributed by atoms with van der Waals surface area (Å²) in [5, 5.41) is 18.7. The molecule has 8 nitrogen and oxygen atoms in total. The topological polar surface area (TPSA) is 97.3 Å². The van der Waals surface area contributed by atoms with Gasteiger partial charge in [0.1, 0.15) is 17.1 Å². The van der Waals surface area contributed by atoms with Gasteiger partial charge in [-0.1, -0.05) is 12.1 Å². The zero-order chi connectivity index (χ0) is 21.5. The van der Waals surface area contributed by atoms with Gasteiger partial charge in [-0.2, -0.15) is 15.0 Å². The second-order valence-corrected chi connectivity index (χ2v) is 8.43. The van der Waals surface area contributed by atoms with Crippen molar-refractivity contribution in [2.45, 2.75) is 58.1 Å². The van der Waals surface area contributed by atoms with Crippen LogP contribution in [-0.4, -0.2) is 48.5 Å². The van der Waals surface area contributed by atoms with Crippen LogP contribution in [0.4, 0.5) is 0 Å². The average molecular weight is 409 g/mol. The highest BCUT2D eigenvalue weighted by Crippen LogP contribution is 2.34. The highest BCUT2D eigenvalue weighted by atomic mass is 16.4. The monoisotopic (exact) mass is 409 g/mol. The Bertz CT molecular complexity index is 1040. The molecule has 1 amide bonds. The number of carbonyl (C=O) groups is 1. The van der Waals surface area contributed by atoms with E-state index in [2.05, 4.69) is 22.1 Å². The molecule has 1 aliphatic heterocycles. The fraction of sp³-hybridized carbons (Fsp3) is 0.455. The number of rotatable bonds is 4. The van der Waals surface area contributed by atoms with Crippen LogP contribution in [0.25, 0.3) is 5.69 Å². The Morgan fingerprint density at radius 2 is 1.90 bits per heavy atom. The van der Waals surface area contributed by atoms with Crippen molar-refractivity contribution in [3.05, 3.63) is 59.6 Å². The molecule has 2 atom stereocenters. The minimum atomic E-state index is -1.07. The molecule has 1 aliphatic rings. The lowest BCUT2D eigenvalue weighted by atomic mass is 9.92. The molecule has 0 saturated carbocycles. The largest absolute Gasteiger partial charge is 0.445 e. The SMILES string of the molecule is Cc1oc(C2CCC(C)N(C(=O)c3ccccc3-n3nccn3)C2)nc1C(C)(C)O. The Balaban J connectivity index is 1.62. The summed E-state index contributed by atoms with van der Waals surface area (Å²) in [5.74, 6) is 1.11. The quantitative estimate of drug-likeness (QED) is 0.711. The van der Waals surface area contributed by atoms with E-state index in [1.54, 1.807) is 32.3 Å². The van der Waals surface area contributed by atoms with E-state index >= 15 is 0 Å². The highest BCUT2D eigenvalue weighted by Gasteiger charge is 2.35. The number of oxazole rings is 1. The summed E-state index contributed by atoms with van der Waals surface area (Å²) >= 11 is 0. The van der Waals surface area contributed by atoms with Gasteiger partial charge in [0.05, 0.1) is 29.6 Å². The van der Waals surface area contributed by atoms with Crippen molar-refractivity contribution in [1.29, 1.82) is 0 Å². The van der Waals surface area contributed by atoms with Crippen molar-refractivity contribution in [3.63, 3.8) is 0 Å². The Hall–Kier alpha value is -3.00. The van der Waals surface area contributed by atoms with Crippen molar-refractivity contribution in [2.24, 2.45) is 0 Å². The van der Waals surface area contributed by atoms with Crippen molar-refractivity contribution in [2.75, 3.05) is 6.54 Å². The molecule has 0 spiro atoms. The lowest BCUT2D eigenvalue weighted by Gasteiger charge is -2.37. The van der Waals surface area contributed by atoms with Gasteiger partial charge in [0.25, 0.3) is 5.91 Å². The van der Waals surface area contributed by atoms with Gasteiger partial charge < -0.3 is 14.4 Å². The van der Waals surface area contributed by atoms with Gasteiger partial charge in [0, 0.05) is 12.6 Å². The van der Waals surface area contributed by atoms with Crippen molar-refractivity contribution in [3.8, 4) is 5.69 Å². The predicted molar refractivity (Wildman–Crippen MR) is 110 cm³/mol.